The van der Waals surface area contributed by atoms with Gasteiger partial charge in [0, 0.05) is 62.7 Å². The number of aromatic nitrogens is 1. The molecule has 0 bridgehead atoms. The molecule has 0 fully saturated rings. The molecule has 9 aromatic rings. The van der Waals surface area contributed by atoms with Crippen LogP contribution < -0.4 is 0 Å². The number of hydrogen-bond acceptors (Lipinski definition) is 2. The topological polar surface area (TPSA) is 4.93 Å². The Morgan fingerprint density at radius 2 is 1.37 bits per heavy atom. The van der Waals surface area contributed by atoms with E-state index in [-0.39, 0.29) is 0 Å². The monoisotopic (exact) mass is 621 g/mol. The zero-order valence-corrected chi connectivity index (χ0v) is 26.6. The summed E-state index contributed by atoms with van der Waals surface area (Å²) in [5.41, 5.74) is 13.6. The molecule has 46 heavy (non-hydrogen) atoms. The van der Waals surface area contributed by atoms with Crippen molar-refractivity contribution in [1.29, 1.82) is 0 Å². The second-order valence-corrected chi connectivity index (χ2v) is 14.9. The fraction of sp³-hybridized carbons (Fsp3) is 0.0698. The normalized spacial score (nSPS) is 13.7. The third-order valence-corrected chi connectivity index (χ3v) is 12.6. The van der Waals surface area contributed by atoms with Gasteiger partial charge in [-0.1, -0.05) is 78.9 Å². The van der Waals surface area contributed by atoms with Crippen molar-refractivity contribution in [3.8, 4) is 27.9 Å². The van der Waals surface area contributed by atoms with E-state index in [1.165, 1.54) is 102 Å². The molecule has 3 heteroatoms. The largest absolute Gasteiger partial charge is 0.313 e. The molecule has 11 rings (SSSR count). The molecule has 0 saturated heterocycles. The van der Waals surface area contributed by atoms with Gasteiger partial charge in [0.2, 0.25) is 0 Å². The minimum Gasteiger partial charge on any atom is -0.313 e. The van der Waals surface area contributed by atoms with Gasteiger partial charge < -0.3 is 4.57 Å². The number of rotatable bonds is 2. The zero-order chi connectivity index (χ0) is 29.9. The molecule has 1 nitrogen and oxygen atoms in total. The summed E-state index contributed by atoms with van der Waals surface area (Å²) in [5.74, 6) is 0. The quantitative estimate of drug-likeness (QED) is 0.181. The van der Waals surface area contributed by atoms with Crippen LogP contribution in [0.2, 0.25) is 0 Å². The second kappa shape index (κ2) is 9.29. The molecule has 0 N–H and O–H groups in total. The molecule has 0 saturated carbocycles. The van der Waals surface area contributed by atoms with Crippen molar-refractivity contribution >= 4 is 80.0 Å². The van der Waals surface area contributed by atoms with E-state index < -0.39 is 0 Å². The molecule has 0 amide bonds. The van der Waals surface area contributed by atoms with Gasteiger partial charge in [-0.25, -0.2) is 0 Å². The Labute approximate surface area is 274 Å². The molecule has 216 valence electrons. The van der Waals surface area contributed by atoms with Crippen LogP contribution in [0.5, 0.6) is 0 Å². The maximum absolute atomic E-state index is 2.57. The van der Waals surface area contributed by atoms with Gasteiger partial charge in [-0.05, 0) is 101 Å². The molecule has 6 aromatic carbocycles. The number of benzene rings is 6. The van der Waals surface area contributed by atoms with Gasteiger partial charge in [0.05, 0.1) is 5.52 Å². The summed E-state index contributed by atoms with van der Waals surface area (Å²) in [6.45, 7) is 0. The summed E-state index contributed by atoms with van der Waals surface area (Å²) < 4.78 is 7.98. The third kappa shape index (κ3) is 3.45. The van der Waals surface area contributed by atoms with Gasteiger partial charge in [-0.3, -0.25) is 0 Å². The Hall–Kier alpha value is -4.96. The van der Waals surface area contributed by atoms with Crippen LogP contribution in [0.15, 0.2) is 121 Å². The zero-order valence-electron chi connectivity index (χ0n) is 25.0. The Balaban J connectivity index is 1.16. The predicted molar refractivity (Wildman–Crippen MR) is 200 cm³/mol. The lowest BCUT2D eigenvalue weighted by molar-refractivity contribution is 0.889. The number of nitrogens with zero attached hydrogens (tertiary/aromatic N) is 1. The van der Waals surface area contributed by atoms with E-state index in [0.717, 1.165) is 19.3 Å². The van der Waals surface area contributed by atoms with Gasteiger partial charge in [-0.15, -0.1) is 22.7 Å². The second-order valence-electron chi connectivity index (χ2n) is 12.8. The number of hydrogen-bond donors (Lipinski definition) is 0. The molecule has 0 radical (unpaired) electrons. The highest BCUT2D eigenvalue weighted by atomic mass is 32.1. The van der Waals surface area contributed by atoms with Crippen molar-refractivity contribution in [3.63, 3.8) is 0 Å². The summed E-state index contributed by atoms with van der Waals surface area (Å²) in [5, 5.41) is 6.78. The minimum atomic E-state index is 1.03. The molecular weight excluding hydrogens is 595 g/mol. The van der Waals surface area contributed by atoms with Gasteiger partial charge in [-0.2, -0.15) is 0 Å². The SMILES string of the molecule is C1=Cc2c(n(-c3ccc4sc5cccc(-c6ccc7c(c6)-c6ccccc6C7)c5c4c3)c3cc4c(cc23)sc2ccccc24)CC1. The van der Waals surface area contributed by atoms with Crippen LogP contribution in [0, 0.1) is 0 Å². The van der Waals surface area contributed by atoms with Crippen molar-refractivity contribution in [1.82, 2.24) is 4.57 Å². The molecule has 0 unspecified atom stereocenters. The summed E-state index contributed by atoms with van der Waals surface area (Å²) in [7, 11) is 0. The Kier molecular flexibility index (Phi) is 5.10. The Bertz CT molecular complexity index is 2780. The van der Waals surface area contributed by atoms with Crippen LogP contribution >= 0.6 is 22.7 Å². The molecule has 3 heterocycles. The minimum absolute atomic E-state index is 1.03. The first kappa shape index (κ1) is 25.3. The summed E-state index contributed by atoms with van der Waals surface area (Å²) >= 11 is 3.82. The van der Waals surface area contributed by atoms with E-state index in [1.807, 2.05) is 22.7 Å². The third-order valence-electron chi connectivity index (χ3n) is 10.3. The maximum Gasteiger partial charge on any atom is 0.0544 e. The molecule has 2 aliphatic carbocycles. The lowest BCUT2D eigenvalue weighted by Gasteiger charge is -2.14. The molecule has 0 aliphatic heterocycles. The standard InChI is InChI=1S/C43H27NS2/c1-2-9-29-25(8-1)20-26-16-17-27(21-33(26)29)30-12-7-15-41-43(30)36-22-28(18-19-40(36)45-41)44-37-13-5-3-10-31(37)34-24-42-35(23-38(34)44)32-11-4-6-14-39(32)46-42/h1-4,6-12,14-19,21-24H,5,13,20H2. The number of allylic oxidation sites excluding steroid dienone is 1. The molecular formula is C43H27NS2. The van der Waals surface area contributed by atoms with E-state index in [1.54, 1.807) is 0 Å². The number of thiophene rings is 2. The first-order valence-corrected chi connectivity index (χ1v) is 17.7. The summed E-state index contributed by atoms with van der Waals surface area (Å²) in [6, 6.07) is 43.8. The van der Waals surface area contributed by atoms with E-state index in [2.05, 4.69) is 132 Å². The average molecular weight is 622 g/mol. The maximum atomic E-state index is 2.57. The number of fused-ring (bicyclic) bond motifs is 12. The van der Waals surface area contributed by atoms with Gasteiger partial charge in [0.15, 0.2) is 0 Å². The first-order valence-electron chi connectivity index (χ1n) is 16.1. The molecule has 0 atom stereocenters. The highest BCUT2D eigenvalue weighted by Crippen LogP contribution is 2.45. The van der Waals surface area contributed by atoms with Gasteiger partial charge in [0.25, 0.3) is 0 Å². The van der Waals surface area contributed by atoms with Gasteiger partial charge in [0.1, 0.15) is 0 Å². The van der Waals surface area contributed by atoms with E-state index in [4.69, 9.17) is 0 Å². The van der Waals surface area contributed by atoms with Crippen LogP contribution in [0.3, 0.4) is 0 Å². The van der Waals surface area contributed by atoms with E-state index >= 15 is 0 Å². The molecule has 0 spiro atoms. The van der Waals surface area contributed by atoms with Crippen LogP contribution in [-0.2, 0) is 12.8 Å². The van der Waals surface area contributed by atoms with Crippen LogP contribution in [0.1, 0.15) is 28.8 Å². The van der Waals surface area contributed by atoms with E-state index in [0.29, 0.717) is 0 Å². The van der Waals surface area contributed by atoms with Crippen molar-refractivity contribution in [2.75, 3.05) is 0 Å². The lowest BCUT2D eigenvalue weighted by atomic mass is 9.95. The molecule has 3 aromatic heterocycles. The van der Waals surface area contributed by atoms with Crippen LogP contribution in [0.4, 0.5) is 0 Å². The lowest BCUT2D eigenvalue weighted by Crippen LogP contribution is -2.02. The first-order chi connectivity index (χ1) is 22.8. The predicted octanol–water partition coefficient (Wildman–Crippen LogP) is 12.6. The average Bonchev–Trinajstić information content (AvgIpc) is 3.85. The van der Waals surface area contributed by atoms with Crippen molar-refractivity contribution < 1.29 is 0 Å². The van der Waals surface area contributed by atoms with Crippen LogP contribution in [-0.4, -0.2) is 4.57 Å². The fourth-order valence-corrected chi connectivity index (χ4v) is 10.5. The Morgan fingerprint density at radius 3 is 2.37 bits per heavy atom. The van der Waals surface area contributed by atoms with Crippen LogP contribution in [0.25, 0.3) is 85.3 Å². The summed E-state index contributed by atoms with van der Waals surface area (Å²) in [4.78, 5) is 0. The Morgan fingerprint density at radius 1 is 0.543 bits per heavy atom. The fourth-order valence-electron chi connectivity index (χ4n) is 8.22. The van der Waals surface area contributed by atoms with E-state index in [9.17, 15) is 0 Å². The summed E-state index contributed by atoms with van der Waals surface area (Å²) in [6.07, 6.45) is 7.87. The smallest absolute Gasteiger partial charge is 0.0544 e. The van der Waals surface area contributed by atoms with Crippen molar-refractivity contribution in [2.45, 2.75) is 19.3 Å². The van der Waals surface area contributed by atoms with Crippen molar-refractivity contribution in [2.24, 2.45) is 0 Å². The molecule has 2 aliphatic rings. The van der Waals surface area contributed by atoms with Gasteiger partial charge >= 0.3 is 0 Å². The highest BCUT2D eigenvalue weighted by molar-refractivity contribution is 7.26. The highest BCUT2D eigenvalue weighted by Gasteiger charge is 2.22. The van der Waals surface area contributed by atoms with Crippen molar-refractivity contribution in [3.05, 3.63) is 144 Å².